The second-order valence-electron chi connectivity index (χ2n) is 3.77. The second kappa shape index (κ2) is 3.83. The lowest BCUT2D eigenvalue weighted by molar-refractivity contribution is -0.0547. The van der Waals surface area contributed by atoms with Crippen LogP contribution in [0.2, 0.25) is 0 Å². The van der Waals surface area contributed by atoms with Crippen LogP contribution in [-0.4, -0.2) is 27.3 Å². The number of fused-ring (bicyclic) bond motifs is 1. The van der Waals surface area contributed by atoms with Crippen LogP contribution < -0.4 is 0 Å². The molecule has 0 saturated heterocycles. The number of ether oxygens (including phenoxy) is 1. The van der Waals surface area contributed by atoms with Crippen LogP contribution in [0.25, 0.3) is 0 Å². The molecule has 90 valence electrons. The van der Waals surface area contributed by atoms with E-state index in [9.17, 15) is 19.8 Å². The van der Waals surface area contributed by atoms with Gasteiger partial charge < -0.3 is 20.1 Å². The Kier molecular flexibility index (Phi) is 2.60. The Labute approximate surface area is 96.1 Å². The summed E-state index contributed by atoms with van der Waals surface area (Å²) < 4.78 is 4.54. The van der Waals surface area contributed by atoms with E-state index in [-0.39, 0.29) is 22.3 Å². The van der Waals surface area contributed by atoms with Crippen LogP contribution in [0.15, 0.2) is 12.1 Å². The van der Waals surface area contributed by atoms with E-state index in [0.29, 0.717) is 0 Å². The van der Waals surface area contributed by atoms with Gasteiger partial charge in [-0.15, -0.1) is 0 Å². The summed E-state index contributed by atoms with van der Waals surface area (Å²) in [5.41, 5.74) is 0.147. The quantitative estimate of drug-likeness (QED) is 0.652. The second-order valence-corrected chi connectivity index (χ2v) is 3.77. The van der Waals surface area contributed by atoms with Crippen LogP contribution in [0.1, 0.15) is 51.2 Å². The van der Waals surface area contributed by atoms with Crippen molar-refractivity contribution in [3.8, 4) is 0 Å². The fourth-order valence-electron chi connectivity index (χ4n) is 1.77. The average Bonchev–Trinajstić information content (AvgIpc) is 2.52. The minimum absolute atomic E-state index is 0.0819. The number of hydrogen-bond acceptors (Lipinski definition) is 5. The molecule has 0 saturated carbocycles. The predicted octanol–water partition coefficient (Wildman–Crippen LogP) is 0.599. The average molecular weight is 238 g/mol. The van der Waals surface area contributed by atoms with E-state index in [0.717, 1.165) is 6.07 Å². The first-order valence-electron chi connectivity index (χ1n) is 4.90. The molecule has 0 radical (unpaired) electrons. The van der Waals surface area contributed by atoms with Gasteiger partial charge in [0, 0.05) is 5.56 Å². The molecule has 6 heteroatoms. The monoisotopic (exact) mass is 238 g/mol. The van der Waals surface area contributed by atoms with Crippen LogP contribution in [0.5, 0.6) is 0 Å². The largest absolute Gasteiger partial charge is 0.478 e. The highest BCUT2D eigenvalue weighted by molar-refractivity contribution is 5.97. The van der Waals surface area contributed by atoms with E-state index in [2.05, 4.69) is 4.74 Å². The number of benzene rings is 1. The standard InChI is InChI=1S/C11H10O6/c1-4(12)5-2-7-8(3-6(5)9(13)14)11(16)17-10(7)15/h2-4,11-12,16H,1H3,(H,13,14). The zero-order valence-electron chi connectivity index (χ0n) is 8.88. The number of carbonyl (C=O) groups is 2. The molecule has 0 aliphatic carbocycles. The Bertz CT molecular complexity index is 505. The summed E-state index contributed by atoms with van der Waals surface area (Å²) in [7, 11) is 0. The highest BCUT2D eigenvalue weighted by Gasteiger charge is 2.32. The minimum atomic E-state index is -1.45. The topological polar surface area (TPSA) is 104 Å². The van der Waals surface area contributed by atoms with Crippen molar-refractivity contribution in [1.82, 2.24) is 0 Å². The van der Waals surface area contributed by atoms with E-state index in [1.54, 1.807) is 0 Å². The van der Waals surface area contributed by atoms with Crippen LogP contribution in [0.3, 0.4) is 0 Å². The van der Waals surface area contributed by atoms with E-state index < -0.39 is 24.3 Å². The van der Waals surface area contributed by atoms with Crippen molar-refractivity contribution >= 4 is 11.9 Å². The fourth-order valence-corrected chi connectivity index (χ4v) is 1.77. The highest BCUT2D eigenvalue weighted by Crippen LogP contribution is 2.32. The van der Waals surface area contributed by atoms with E-state index in [4.69, 9.17) is 5.11 Å². The van der Waals surface area contributed by atoms with Crippen molar-refractivity contribution in [1.29, 1.82) is 0 Å². The van der Waals surface area contributed by atoms with Gasteiger partial charge in [-0.2, -0.15) is 0 Å². The van der Waals surface area contributed by atoms with Gasteiger partial charge in [-0.05, 0) is 24.6 Å². The number of esters is 1. The van der Waals surface area contributed by atoms with Crippen LogP contribution >= 0.6 is 0 Å². The molecule has 1 aliphatic heterocycles. The molecular weight excluding hydrogens is 228 g/mol. The summed E-state index contributed by atoms with van der Waals surface area (Å²) in [5, 5.41) is 27.8. The lowest BCUT2D eigenvalue weighted by Crippen LogP contribution is -2.08. The van der Waals surface area contributed by atoms with Gasteiger partial charge in [0.15, 0.2) is 0 Å². The summed E-state index contributed by atoms with van der Waals surface area (Å²) >= 11 is 0. The molecule has 3 N–H and O–H groups in total. The third-order valence-electron chi connectivity index (χ3n) is 2.61. The summed E-state index contributed by atoms with van der Waals surface area (Å²) in [6.45, 7) is 1.39. The molecule has 2 atom stereocenters. The van der Waals surface area contributed by atoms with Gasteiger partial charge in [0.05, 0.1) is 17.2 Å². The van der Waals surface area contributed by atoms with Crippen LogP contribution in [-0.2, 0) is 4.74 Å². The Balaban J connectivity index is 2.67. The number of cyclic esters (lactones) is 1. The number of carboxylic acid groups (broad SMARTS) is 1. The molecule has 0 spiro atoms. The molecule has 0 bridgehead atoms. The Morgan fingerprint density at radius 3 is 2.65 bits per heavy atom. The zero-order chi connectivity index (χ0) is 12.7. The first kappa shape index (κ1) is 11.6. The van der Waals surface area contributed by atoms with E-state index in [1.165, 1.54) is 13.0 Å². The van der Waals surface area contributed by atoms with Gasteiger partial charge in [-0.3, -0.25) is 0 Å². The summed E-state index contributed by atoms with van der Waals surface area (Å²) in [6.07, 6.45) is -2.48. The fraction of sp³-hybridized carbons (Fsp3) is 0.273. The predicted molar refractivity (Wildman–Crippen MR) is 54.4 cm³/mol. The number of carboxylic acids is 1. The molecule has 6 nitrogen and oxygen atoms in total. The van der Waals surface area contributed by atoms with Gasteiger partial charge in [-0.25, -0.2) is 9.59 Å². The molecule has 1 aliphatic rings. The molecule has 17 heavy (non-hydrogen) atoms. The normalized spacial score (nSPS) is 19.7. The number of carbonyl (C=O) groups excluding carboxylic acids is 1. The maximum atomic E-state index is 11.3. The van der Waals surface area contributed by atoms with E-state index in [1.807, 2.05) is 0 Å². The molecule has 1 heterocycles. The molecule has 0 aromatic heterocycles. The molecule has 1 aromatic rings. The molecule has 2 rings (SSSR count). The van der Waals surface area contributed by atoms with Gasteiger partial charge in [0.1, 0.15) is 0 Å². The van der Waals surface area contributed by atoms with E-state index >= 15 is 0 Å². The molecule has 2 unspecified atom stereocenters. The molecular formula is C11H10O6. The first-order valence-corrected chi connectivity index (χ1v) is 4.90. The Hall–Kier alpha value is -1.92. The van der Waals surface area contributed by atoms with Crippen LogP contribution in [0, 0.1) is 0 Å². The van der Waals surface area contributed by atoms with Crippen molar-refractivity contribution in [2.45, 2.75) is 19.3 Å². The number of hydrogen-bond donors (Lipinski definition) is 3. The highest BCUT2D eigenvalue weighted by atomic mass is 16.6. The van der Waals surface area contributed by atoms with Gasteiger partial charge in [-0.1, -0.05) is 0 Å². The lowest BCUT2D eigenvalue weighted by Gasteiger charge is -2.10. The smallest absolute Gasteiger partial charge is 0.341 e. The van der Waals surface area contributed by atoms with Crippen molar-refractivity contribution in [2.24, 2.45) is 0 Å². The molecule has 1 aromatic carbocycles. The van der Waals surface area contributed by atoms with Crippen molar-refractivity contribution in [3.63, 3.8) is 0 Å². The summed E-state index contributed by atoms with van der Waals surface area (Å²) in [4.78, 5) is 22.3. The number of aromatic carboxylic acids is 1. The van der Waals surface area contributed by atoms with Crippen LogP contribution in [0.4, 0.5) is 0 Å². The summed E-state index contributed by atoms with van der Waals surface area (Å²) in [5.74, 6) is -1.97. The van der Waals surface area contributed by atoms with Crippen molar-refractivity contribution in [2.75, 3.05) is 0 Å². The third kappa shape index (κ3) is 1.77. The van der Waals surface area contributed by atoms with Crippen molar-refractivity contribution < 1.29 is 29.6 Å². The lowest BCUT2D eigenvalue weighted by atomic mass is 9.96. The molecule has 0 amide bonds. The van der Waals surface area contributed by atoms with Gasteiger partial charge in [0.2, 0.25) is 6.29 Å². The third-order valence-corrected chi connectivity index (χ3v) is 2.61. The number of aliphatic hydroxyl groups excluding tert-OH is 2. The van der Waals surface area contributed by atoms with Crippen molar-refractivity contribution in [3.05, 3.63) is 34.4 Å². The van der Waals surface area contributed by atoms with Gasteiger partial charge in [0.25, 0.3) is 0 Å². The first-order chi connectivity index (χ1) is 7.91. The number of rotatable bonds is 2. The Morgan fingerprint density at radius 2 is 2.12 bits per heavy atom. The van der Waals surface area contributed by atoms with Gasteiger partial charge >= 0.3 is 11.9 Å². The number of aliphatic hydroxyl groups is 2. The maximum Gasteiger partial charge on any atom is 0.341 e. The molecule has 0 fully saturated rings. The Morgan fingerprint density at radius 1 is 1.47 bits per heavy atom. The maximum absolute atomic E-state index is 11.3. The zero-order valence-corrected chi connectivity index (χ0v) is 8.88. The summed E-state index contributed by atoms with van der Waals surface area (Å²) in [6, 6.07) is 2.39. The minimum Gasteiger partial charge on any atom is -0.478 e. The SMILES string of the molecule is CC(O)c1cc2c(cc1C(=O)O)C(O)OC2=O.